The van der Waals surface area contributed by atoms with Crippen molar-refractivity contribution in [3.63, 3.8) is 0 Å². The van der Waals surface area contributed by atoms with Crippen LogP contribution in [-0.4, -0.2) is 17.1 Å². The van der Waals surface area contributed by atoms with Gasteiger partial charge in [-0.25, -0.2) is 0 Å². The minimum atomic E-state index is -0.443. The Hall–Kier alpha value is -1.35. The zero-order valence-electron chi connectivity index (χ0n) is 10.4. The van der Waals surface area contributed by atoms with E-state index in [9.17, 15) is 9.90 Å². The van der Waals surface area contributed by atoms with Crippen molar-refractivity contribution < 1.29 is 9.90 Å². The molecule has 1 fully saturated rings. The Morgan fingerprint density at radius 3 is 2.83 bits per heavy atom. The van der Waals surface area contributed by atoms with Gasteiger partial charge in [0.15, 0.2) is 0 Å². The maximum absolute atomic E-state index is 12.2. The second kappa shape index (κ2) is 4.73. The predicted molar refractivity (Wildman–Crippen MR) is 69.0 cm³/mol. The van der Waals surface area contributed by atoms with E-state index in [0.717, 1.165) is 32.1 Å². The molecule has 3 rings (SSSR count). The van der Waals surface area contributed by atoms with Gasteiger partial charge < -0.3 is 10.4 Å². The number of nitrogens with one attached hydrogen (secondary N) is 1. The monoisotopic (exact) mass is 245 g/mol. The molecule has 3 heteroatoms. The van der Waals surface area contributed by atoms with Crippen LogP contribution in [0.2, 0.25) is 0 Å². The van der Waals surface area contributed by atoms with Crippen LogP contribution in [0, 0.1) is 5.92 Å². The number of carbonyl (C=O) groups is 1. The Morgan fingerprint density at radius 2 is 2.06 bits per heavy atom. The van der Waals surface area contributed by atoms with E-state index >= 15 is 0 Å². The van der Waals surface area contributed by atoms with Crippen LogP contribution in [0.3, 0.4) is 0 Å². The maximum Gasteiger partial charge on any atom is 0.226 e. The van der Waals surface area contributed by atoms with Gasteiger partial charge in [0.25, 0.3) is 0 Å². The SMILES string of the molecule is O=C(NC1CCc2ccccc21)C1CCCC1O. The molecule has 0 spiro atoms. The number of rotatable bonds is 2. The fourth-order valence-corrected chi connectivity index (χ4v) is 3.23. The standard InChI is InChI=1S/C15H19NO2/c17-14-7-3-6-12(14)15(18)16-13-9-8-10-4-1-2-5-11(10)13/h1-2,4-5,12-14,17H,3,6-9H2,(H,16,18). The molecular weight excluding hydrogens is 226 g/mol. The Bertz CT molecular complexity index is 458. The molecular formula is C15H19NO2. The minimum absolute atomic E-state index is 0.0294. The highest BCUT2D eigenvalue weighted by Gasteiger charge is 2.33. The maximum atomic E-state index is 12.2. The summed E-state index contributed by atoms with van der Waals surface area (Å²) in [5, 5.41) is 12.9. The van der Waals surface area contributed by atoms with Gasteiger partial charge in [-0.15, -0.1) is 0 Å². The summed E-state index contributed by atoms with van der Waals surface area (Å²) >= 11 is 0. The molecule has 0 heterocycles. The van der Waals surface area contributed by atoms with Crippen molar-refractivity contribution in [1.29, 1.82) is 0 Å². The number of hydrogen-bond donors (Lipinski definition) is 2. The van der Waals surface area contributed by atoms with E-state index in [2.05, 4.69) is 17.4 Å². The normalized spacial score (nSPS) is 30.2. The number of aliphatic hydroxyl groups excluding tert-OH is 1. The first kappa shape index (κ1) is 11.7. The summed E-state index contributed by atoms with van der Waals surface area (Å²) in [5.74, 6) is -0.167. The molecule has 3 atom stereocenters. The van der Waals surface area contributed by atoms with Crippen LogP contribution in [0.5, 0.6) is 0 Å². The third-order valence-electron chi connectivity index (χ3n) is 4.27. The first-order valence-corrected chi connectivity index (χ1v) is 6.82. The van der Waals surface area contributed by atoms with Crippen LogP contribution in [0.25, 0.3) is 0 Å². The molecule has 0 bridgehead atoms. The van der Waals surface area contributed by atoms with E-state index < -0.39 is 6.10 Å². The Labute approximate surface area is 107 Å². The number of fused-ring (bicyclic) bond motifs is 1. The lowest BCUT2D eigenvalue weighted by Gasteiger charge is -2.19. The molecule has 3 nitrogen and oxygen atoms in total. The molecule has 0 saturated heterocycles. The Morgan fingerprint density at radius 1 is 1.22 bits per heavy atom. The molecule has 0 radical (unpaired) electrons. The number of aryl methyl sites for hydroxylation is 1. The predicted octanol–water partition coefficient (Wildman–Crippen LogP) is 1.95. The first-order chi connectivity index (χ1) is 8.75. The average molecular weight is 245 g/mol. The minimum Gasteiger partial charge on any atom is -0.392 e. The Balaban J connectivity index is 1.69. The number of carbonyl (C=O) groups excluding carboxylic acids is 1. The summed E-state index contributed by atoms with van der Waals surface area (Å²) in [4.78, 5) is 12.2. The van der Waals surface area contributed by atoms with Crippen LogP contribution < -0.4 is 5.32 Å². The second-order valence-corrected chi connectivity index (χ2v) is 5.40. The van der Waals surface area contributed by atoms with Gasteiger partial charge in [0.05, 0.1) is 18.1 Å². The van der Waals surface area contributed by atoms with E-state index in [0.29, 0.717) is 0 Å². The van der Waals surface area contributed by atoms with Gasteiger partial charge >= 0.3 is 0 Å². The van der Waals surface area contributed by atoms with Crippen LogP contribution in [-0.2, 0) is 11.2 Å². The molecule has 3 unspecified atom stereocenters. The molecule has 0 aliphatic heterocycles. The lowest BCUT2D eigenvalue weighted by molar-refractivity contribution is -0.128. The second-order valence-electron chi connectivity index (χ2n) is 5.40. The smallest absolute Gasteiger partial charge is 0.226 e. The number of amides is 1. The highest BCUT2D eigenvalue weighted by atomic mass is 16.3. The quantitative estimate of drug-likeness (QED) is 0.836. The molecule has 1 aromatic rings. The first-order valence-electron chi connectivity index (χ1n) is 6.82. The molecule has 2 N–H and O–H groups in total. The van der Waals surface area contributed by atoms with E-state index in [1.54, 1.807) is 0 Å². The zero-order valence-corrected chi connectivity index (χ0v) is 10.4. The summed E-state index contributed by atoms with van der Waals surface area (Å²) < 4.78 is 0. The lowest BCUT2D eigenvalue weighted by Crippen LogP contribution is -2.36. The molecule has 2 aliphatic rings. The molecule has 1 amide bonds. The zero-order chi connectivity index (χ0) is 12.5. The Kier molecular flexibility index (Phi) is 3.08. The molecule has 2 aliphatic carbocycles. The van der Waals surface area contributed by atoms with Crippen LogP contribution in [0.15, 0.2) is 24.3 Å². The third-order valence-corrected chi connectivity index (χ3v) is 4.27. The van der Waals surface area contributed by atoms with Crippen molar-refractivity contribution in [2.45, 2.75) is 44.2 Å². The van der Waals surface area contributed by atoms with Crippen molar-refractivity contribution in [3.05, 3.63) is 35.4 Å². The van der Waals surface area contributed by atoms with Crippen molar-refractivity contribution in [2.24, 2.45) is 5.92 Å². The van der Waals surface area contributed by atoms with Crippen molar-refractivity contribution >= 4 is 5.91 Å². The van der Waals surface area contributed by atoms with E-state index in [-0.39, 0.29) is 17.9 Å². The van der Waals surface area contributed by atoms with Gasteiger partial charge in [-0.2, -0.15) is 0 Å². The van der Waals surface area contributed by atoms with Crippen LogP contribution in [0.4, 0.5) is 0 Å². The summed E-state index contributed by atoms with van der Waals surface area (Å²) in [5.41, 5.74) is 2.59. The summed E-state index contributed by atoms with van der Waals surface area (Å²) in [6.07, 6.45) is 4.12. The molecule has 0 aromatic heterocycles. The number of benzene rings is 1. The van der Waals surface area contributed by atoms with Crippen LogP contribution >= 0.6 is 0 Å². The van der Waals surface area contributed by atoms with E-state index in [1.165, 1.54) is 11.1 Å². The number of hydrogen-bond acceptors (Lipinski definition) is 2. The largest absolute Gasteiger partial charge is 0.392 e. The lowest BCUT2D eigenvalue weighted by atomic mass is 10.0. The van der Waals surface area contributed by atoms with E-state index in [4.69, 9.17) is 0 Å². The summed E-state index contributed by atoms with van der Waals surface area (Å²) in [6.45, 7) is 0. The number of aliphatic hydroxyl groups is 1. The molecule has 1 aromatic carbocycles. The summed E-state index contributed by atoms with van der Waals surface area (Å²) in [7, 11) is 0. The van der Waals surface area contributed by atoms with Crippen molar-refractivity contribution in [2.75, 3.05) is 0 Å². The van der Waals surface area contributed by atoms with Gasteiger partial charge in [0.1, 0.15) is 0 Å². The van der Waals surface area contributed by atoms with Crippen molar-refractivity contribution in [3.8, 4) is 0 Å². The average Bonchev–Trinajstić information content (AvgIpc) is 2.97. The van der Waals surface area contributed by atoms with Gasteiger partial charge in [-0.05, 0) is 43.2 Å². The fraction of sp³-hybridized carbons (Fsp3) is 0.533. The van der Waals surface area contributed by atoms with Crippen LogP contribution in [0.1, 0.15) is 42.9 Å². The highest BCUT2D eigenvalue weighted by Crippen LogP contribution is 2.32. The van der Waals surface area contributed by atoms with Gasteiger partial charge in [0.2, 0.25) is 5.91 Å². The fourth-order valence-electron chi connectivity index (χ4n) is 3.23. The van der Waals surface area contributed by atoms with E-state index in [1.807, 2.05) is 12.1 Å². The van der Waals surface area contributed by atoms with Gasteiger partial charge in [0, 0.05) is 0 Å². The summed E-state index contributed by atoms with van der Waals surface area (Å²) in [6, 6.07) is 8.43. The highest BCUT2D eigenvalue weighted by molar-refractivity contribution is 5.80. The molecule has 18 heavy (non-hydrogen) atoms. The van der Waals surface area contributed by atoms with Gasteiger partial charge in [-0.3, -0.25) is 4.79 Å². The van der Waals surface area contributed by atoms with Crippen molar-refractivity contribution in [1.82, 2.24) is 5.32 Å². The van der Waals surface area contributed by atoms with Gasteiger partial charge in [-0.1, -0.05) is 24.3 Å². The third kappa shape index (κ3) is 2.03. The molecule has 96 valence electrons. The topological polar surface area (TPSA) is 49.3 Å². The molecule has 1 saturated carbocycles.